The predicted molar refractivity (Wildman–Crippen MR) is 118 cm³/mol. The van der Waals surface area contributed by atoms with E-state index in [2.05, 4.69) is 4.98 Å². The number of hydrogen-bond acceptors (Lipinski definition) is 6. The Balaban J connectivity index is 1.94. The van der Waals surface area contributed by atoms with Crippen molar-refractivity contribution in [1.29, 1.82) is 0 Å². The molecule has 1 heterocycles. The van der Waals surface area contributed by atoms with Gasteiger partial charge in [0, 0.05) is 17.4 Å². The number of hydrogen-bond donors (Lipinski definition) is 3. The molecule has 0 saturated heterocycles. The van der Waals surface area contributed by atoms with Crippen molar-refractivity contribution in [1.82, 2.24) is 9.55 Å². The highest BCUT2D eigenvalue weighted by molar-refractivity contribution is 5.87. The molecule has 0 fully saturated rings. The number of aromatic nitrogens is 2. The highest BCUT2D eigenvalue weighted by atomic mass is 16.5. The van der Waals surface area contributed by atoms with Crippen LogP contribution in [0, 0.1) is 0 Å². The van der Waals surface area contributed by atoms with Gasteiger partial charge in [-0.2, -0.15) is 0 Å². The summed E-state index contributed by atoms with van der Waals surface area (Å²) in [6.45, 7) is 0. The summed E-state index contributed by atoms with van der Waals surface area (Å²) < 4.78 is 12.3. The summed E-state index contributed by atoms with van der Waals surface area (Å²) in [5, 5.41) is 30.2. The highest BCUT2D eigenvalue weighted by Gasteiger charge is 2.19. The van der Waals surface area contributed by atoms with Gasteiger partial charge in [-0.25, -0.2) is 9.78 Å². The van der Waals surface area contributed by atoms with E-state index in [1.807, 2.05) is 0 Å². The third kappa shape index (κ3) is 3.81. The number of carboxylic acid groups (broad SMARTS) is 1. The molecule has 162 valence electrons. The number of aromatic carboxylic acids is 1. The summed E-state index contributed by atoms with van der Waals surface area (Å²) in [5.74, 6) is 0.416. The molecule has 0 radical (unpaired) electrons. The van der Waals surface area contributed by atoms with Crippen molar-refractivity contribution in [2.45, 2.75) is 0 Å². The zero-order valence-electron chi connectivity index (χ0n) is 17.3. The lowest BCUT2D eigenvalue weighted by atomic mass is 10.1. The number of methoxy groups -OCH3 is 2. The van der Waals surface area contributed by atoms with Crippen LogP contribution < -0.4 is 9.47 Å². The number of carboxylic acids is 1. The Hall–Kier alpha value is -4.46. The summed E-state index contributed by atoms with van der Waals surface area (Å²) in [4.78, 5) is 15.9. The van der Waals surface area contributed by atoms with Crippen LogP contribution >= 0.6 is 0 Å². The number of aromatic hydroxyl groups is 2. The van der Waals surface area contributed by atoms with Crippen LogP contribution in [0.3, 0.4) is 0 Å². The monoisotopic (exact) mass is 432 g/mol. The smallest absolute Gasteiger partial charge is 0.335 e. The van der Waals surface area contributed by atoms with Crippen LogP contribution in [-0.4, -0.2) is 45.1 Å². The summed E-state index contributed by atoms with van der Waals surface area (Å²) in [6.07, 6.45) is 1.69. The number of carbonyl (C=O) groups is 1. The molecule has 4 rings (SSSR count). The number of benzene rings is 3. The maximum absolute atomic E-state index is 11.2. The van der Waals surface area contributed by atoms with Crippen LogP contribution in [0.25, 0.3) is 28.3 Å². The third-order valence-corrected chi connectivity index (χ3v) is 5.02. The fourth-order valence-corrected chi connectivity index (χ4v) is 3.33. The molecule has 0 aliphatic heterocycles. The molecule has 8 nitrogen and oxygen atoms in total. The fourth-order valence-electron chi connectivity index (χ4n) is 3.33. The van der Waals surface area contributed by atoms with E-state index in [9.17, 15) is 20.1 Å². The van der Waals surface area contributed by atoms with Gasteiger partial charge in [-0.05, 0) is 60.7 Å². The number of rotatable bonds is 6. The second kappa shape index (κ2) is 8.35. The van der Waals surface area contributed by atoms with Gasteiger partial charge >= 0.3 is 5.97 Å². The SMILES string of the molecule is COc1ccc(O)c(-c2cn(-c3ccc(C(=O)O)cc3)c(-c3cc(OC)ccc3O)n2)c1. The Morgan fingerprint density at radius 2 is 1.41 bits per heavy atom. The molecule has 8 heteroatoms. The van der Waals surface area contributed by atoms with E-state index in [0.29, 0.717) is 39.8 Å². The number of nitrogens with zero attached hydrogens (tertiary/aromatic N) is 2. The second-order valence-electron chi connectivity index (χ2n) is 6.94. The first-order chi connectivity index (χ1) is 15.4. The lowest BCUT2D eigenvalue weighted by Gasteiger charge is -2.10. The second-order valence-corrected chi connectivity index (χ2v) is 6.94. The first-order valence-corrected chi connectivity index (χ1v) is 9.59. The number of ether oxygens (including phenoxy) is 2. The largest absolute Gasteiger partial charge is 0.507 e. The Bertz CT molecular complexity index is 1290. The molecule has 0 aliphatic carbocycles. The van der Waals surface area contributed by atoms with Gasteiger partial charge in [0.25, 0.3) is 0 Å². The molecule has 0 unspecified atom stereocenters. The van der Waals surface area contributed by atoms with Crippen LogP contribution in [-0.2, 0) is 0 Å². The molecular formula is C24H20N2O6. The first-order valence-electron chi connectivity index (χ1n) is 9.59. The van der Waals surface area contributed by atoms with Gasteiger partial charge in [0.2, 0.25) is 0 Å². The molecular weight excluding hydrogens is 412 g/mol. The summed E-state index contributed by atoms with van der Waals surface area (Å²) >= 11 is 0. The Kier molecular flexibility index (Phi) is 5.43. The van der Waals surface area contributed by atoms with E-state index < -0.39 is 5.97 Å². The summed E-state index contributed by atoms with van der Waals surface area (Å²) in [7, 11) is 3.05. The normalized spacial score (nSPS) is 10.7. The minimum atomic E-state index is -1.03. The quantitative estimate of drug-likeness (QED) is 0.415. The molecule has 0 atom stereocenters. The average Bonchev–Trinajstić information content (AvgIpc) is 3.24. The van der Waals surface area contributed by atoms with Crippen LogP contribution in [0.5, 0.6) is 23.0 Å². The number of phenolic OH excluding ortho intramolecular Hbond substituents is 2. The lowest BCUT2D eigenvalue weighted by Crippen LogP contribution is -1.99. The van der Waals surface area contributed by atoms with Crippen molar-refractivity contribution in [2.75, 3.05) is 14.2 Å². The zero-order valence-corrected chi connectivity index (χ0v) is 17.3. The van der Waals surface area contributed by atoms with Gasteiger partial charge in [-0.3, -0.25) is 4.57 Å². The zero-order chi connectivity index (χ0) is 22.8. The van der Waals surface area contributed by atoms with E-state index in [0.717, 1.165) is 0 Å². The third-order valence-electron chi connectivity index (χ3n) is 5.02. The minimum absolute atomic E-state index is 0.0121. The van der Waals surface area contributed by atoms with Crippen molar-refractivity contribution in [3.63, 3.8) is 0 Å². The van der Waals surface area contributed by atoms with Crippen LogP contribution in [0.1, 0.15) is 10.4 Å². The van der Waals surface area contributed by atoms with Crippen molar-refractivity contribution in [2.24, 2.45) is 0 Å². The minimum Gasteiger partial charge on any atom is -0.507 e. The van der Waals surface area contributed by atoms with Gasteiger partial charge in [0.15, 0.2) is 0 Å². The van der Waals surface area contributed by atoms with Gasteiger partial charge < -0.3 is 24.8 Å². The lowest BCUT2D eigenvalue weighted by molar-refractivity contribution is 0.0697. The van der Waals surface area contributed by atoms with E-state index in [1.54, 1.807) is 47.2 Å². The molecule has 1 aromatic heterocycles. The van der Waals surface area contributed by atoms with Gasteiger partial charge in [0.05, 0.1) is 31.0 Å². The van der Waals surface area contributed by atoms with E-state index in [4.69, 9.17) is 9.47 Å². The maximum atomic E-state index is 11.2. The van der Waals surface area contributed by atoms with Crippen LogP contribution in [0.2, 0.25) is 0 Å². The molecule has 32 heavy (non-hydrogen) atoms. The standard InChI is InChI=1S/C24H20N2O6/c1-31-16-7-9-21(27)18(11-16)20-13-26(15-5-3-14(4-6-15)24(29)30)23(25-20)19-12-17(32-2)8-10-22(19)28/h3-13,27-28H,1-2H3,(H,29,30). The Morgan fingerprint density at radius 3 is 1.97 bits per heavy atom. The Morgan fingerprint density at radius 1 is 0.844 bits per heavy atom. The van der Waals surface area contributed by atoms with Crippen molar-refractivity contribution < 1.29 is 29.6 Å². The molecule has 3 N–H and O–H groups in total. The van der Waals surface area contributed by atoms with E-state index in [1.165, 1.54) is 38.5 Å². The maximum Gasteiger partial charge on any atom is 0.335 e. The van der Waals surface area contributed by atoms with Gasteiger partial charge in [-0.1, -0.05) is 0 Å². The molecule has 3 aromatic carbocycles. The molecule has 0 aliphatic rings. The summed E-state index contributed by atoms with van der Waals surface area (Å²) in [6, 6.07) is 15.8. The predicted octanol–water partition coefficient (Wildman–Crippen LogP) is 4.33. The van der Waals surface area contributed by atoms with Gasteiger partial charge in [0.1, 0.15) is 28.8 Å². The molecule has 0 bridgehead atoms. The van der Waals surface area contributed by atoms with Crippen molar-refractivity contribution in [3.8, 4) is 51.3 Å². The topological polar surface area (TPSA) is 114 Å². The van der Waals surface area contributed by atoms with E-state index >= 15 is 0 Å². The van der Waals surface area contributed by atoms with Gasteiger partial charge in [-0.15, -0.1) is 0 Å². The highest BCUT2D eigenvalue weighted by Crippen LogP contribution is 2.38. The molecule has 0 saturated carbocycles. The number of phenols is 2. The fraction of sp³-hybridized carbons (Fsp3) is 0.0833. The van der Waals surface area contributed by atoms with Crippen LogP contribution in [0.4, 0.5) is 0 Å². The summed E-state index contributed by atoms with van der Waals surface area (Å²) in [5.41, 5.74) is 2.04. The average molecular weight is 432 g/mol. The van der Waals surface area contributed by atoms with E-state index in [-0.39, 0.29) is 17.1 Å². The molecule has 0 spiro atoms. The Labute approximate surface area is 183 Å². The van der Waals surface area contributed by atoms with Crippen LogP contribution in [0.15, 0.2) is 66.9 Å². The van der Waals surface area contributed by atoms with Crippen molar-refractivity contribution >= 4 is 5.97 Å². The number of imidazole rings is 1. The molecule has 4 aromatic rings. The van der Waals surface area contributed by atoms with Crippen molar-refractivity contribution in [3.05, 3.63) is 72.4 Å². The molecule has 0 amide bonds. The first kappa shape index (κ1) is 20.8.